The second kappa shape index (κ2) is 7.14. The van der Waals surface area contributed by atoms with Gasteiger partial charge in [-0.15, -0.1) is 0 Å². The van der Waals surface area contributed by atoms with Gasteiger partial charge >= 0.3 is 0 Å². The lowest BCUT2D eigenvalue weighted by Crippen LogP contribution is -2.48. The fraction of sp³-hybridized carbons (Fsp3) is 0.533. The van der Waals surface area contributed by atoms with Crippen LogP contribution in [0, 0.1) is 6.92 Å². The van der Waals surface area contributed by atoms with Crippen LogP contribution in [-0.4, -0.2) is 24.6 Å². The van der Waals surface area contributed by atoms with Crippen LogP contribution in [0.1, 0.15) is 32.3 Å². The molecule has 0 unspecified atom stereocenters. The topological polar surface area (TPSA) is 64.3 Å². The van der Waals surface area contributed by atoms with E-state index in [-0.39, 0.29) is 11.4 Å². The zero-order valence-corrected chi connectivity index (χ0v) is 12.0. The first-order chi connectivity index (χ1) is 8.93. The first-order valence-corrected chi connectivity index (χ1v) is 6.63. The van der Waals surface area contributed by atoms with E-state index in [2.05, 4.69) is 5.32 Å². The Morgan fingerprint density at radius 3 is 2.79 bits per heavy atom. The highest BCUT2D eigenvalue weighted by molar-refractivity contribution is 5.76. The van der Waals surface area contributed by atoms with Gasteiger partial charge in [0.25, 0.3) is 0 Å². The summed E-state index contributed by atoms with van der Waals surface area (Å²) in [6.07, 6.45) is 1.15. The number of aryl methyl sites for hydroxylation is 1. The average molecular weight is 264 g/mol. The molecule has 0 spiro atoms. The lowest BCUT2D eigenvalue weighted by molar-refractivity contribution is -0.122. The SMILES string of the molecule is Cc1cccc(OCCCC(=O)NC(C)(C)CN)c1. The number of hydrogen-bond acceptors (Lipinski definition) is 3. The molecule has 0 radical (unpaired) electrons. The number of amides is 1. The molecule has 1 amide bonds. The highest BCUT2D eigenvalue weighted by atomic mass is 16.5. The first-order valence-electron chi connectivity index (χ1n) is 6.63. The molecule has 0 aliphatic heterocycles. The normalized spacial score (nSPS) is 11.2. The van der Waals surface area contributed by atoms with Crippen molar-refractivity contribution in [3.63, 3.8) is 0 Å². The van der Waals surface area contributed by atoms with E-state index in [0.29, 0.717) is 26.0 Å². The van der Waals surface area contributed by atoms with Crippen LogP contribution in [0.3, 0.4) is 0 Å². The summed E-state index contributed by atoms with van der Waals surface area (Å²) in [6, 6.07) is 7.89. The van der Waals surface area contributed by atoms with E-state index in [0.717, 1.165) is 5.75 Å². The largest absolute Gasteiger partial charge is 0.494 e. The lowest BCUT2D eigenvalue weighted by atomic mass is 10.1. The van der Waals surface area contributed by atoms with E-state index in [1.807, 2.05) is 45.0 Å². The maximum atomic E-state index is 11.7. The molecule has 0 atom stereocenters. The summed E-state index contributed by atoms with van der Waals surface area (Å²) in [5.74, 6) is 0.867. The molecule has 0 aliphatic rings. The summed E-state index contributed by atoms with van der Waals surface area (Å²) in [6.45, 7) is 6.82. The minimum atomic E-state index is -0.339. The standard InChI is InChI=1S/C15H24N2O2/c1-12-6-4-7-13(10-12)19-9-5-8-14(18)17-15(2,3)11-16/h4,6-7,10H,5,8-9,11,16H2,1-3H3,(H,17,18). The number of ether oxygens (including phenoxy) is 1. The maximum absolute atomic E-state index is 11.7. The molecule has 1 rings (SSSR count). The van der Waals surface area contributed by atoms with Crippen LogP contribution in [0.5, 0.6) is 5.75 Å². The van der Waals surface area contributed by atoms with Gasteiger partial charge in [0, 0.05) is 18.5 Å². The summed E-state index contributed by atoms with van der Waals surface area (Å²) >= 11 is 0. The molecule has 3 N–H and O–H groups in total. The van der Waals surface area contributed by atoms with Crippen molar-refractivity contribution in [2.75, 3.05) is 13.2 Å². The van der Waals surface area contributed by atoms with Crippen molar-refractivity contribution in [2.45, 2.75) is 39.2 Å². The van der Waals surface area contributed by atoms with E-state index < -0.39 is 0 Å². The number of carbonyl (C=O) groups is 1. The Hall–Kier alpha value is -1.55. The van der Waals surface area contributed by atoms with Crippen LogP contribution in [0.25, 0.3) is 0 Å². The Balaban J connectivity index is 2.22. The minimum absolute atomic E-state index is 0.0169. The van der Waals surface area contributed by atoms with Crippen LogP contribution in [0.2, 0.25) is 0 Å². The molecular weight excluding hydrogens is 240 g/mol. The molecule has 0 bridgehead atoms. The molecular formula is C15H24N2O2. The first kappa shape index (κ1) is 15.5. The highest BCUT2D eigenvalue weighted by Gasteiger charge is 2.17. The van der Waals surface area contributed by atoms with Gasteiger partial charge in [0.15, 0.2) is 0 Å². The van der Waals surface area contributed by atoms with Crippen LogP contribution in [0.15, 0.2) is 24.3 Å². The van der Waals surface area contributed by atoms with Crippen molar-refractivity contribution < 1.29 is 9.53 Å². The zero-order chi connectivity index (χ0) is 14.3. The monoisotopic (exact) mass is 264 g/mol. The molecule has 0 aliphatic carbocycles. The van der Waals surface area contributed by atoms with Crippen LogP contribution in [0.4, 0.5) is 0 Å². The number of nitrogens with two attached hydrogens (primary N) is 1. The second-order valence-electron chi connectivity index (χ2n) is 5.40. The van der Waals surface area contributed by atoms with E-state index in [1.54, 1.807) is 0 Å². The summed E-state index contributed by atoms with van der Waals surface area (Å²) in [5.41, 5.74) is 6.39. The molecule has 0 saturated heterocycles. The number of benzene rings is 1. The molecule has 4 heteroatoms. The fourth-order valence-electron chi connectivity index (χ4n) is 1.62. The quantitative estimate of drug-likeness (QED) is 0.740. The lowest BCUT2D eigenvalue weighted by Gasteiger charge is -2.24. The average Bonchev–Trinajstić information content (AvgIpc) is 2.34. The van der Waals surface area contributed by atoms with Crippen molar-refractivity contribution in [1.82, 2.24) is 5.32 Å². The fourth-order valence-corrected chi connectivity index (χ4v) is 1.62. The number of nitrogens with one attached hydrogen (secondary N) is 1. The van der Waals surface area contributed by atoms with Crippen LogP contribution in [-0.2, 0) is 4.79 Å². The Morgan fingerprint density at radius 2 is 2.16 bits per heavy atom. The summed E-state index contributed by atoms with van der Waals surface area (Å²) in [5, 5.41) is 2.89. The highest BCUT2D eigenvalue weighted by Crippen LogP contribution is 2.12. The zero-order valence-electron chi connectivity index (χ0n) is 12.0. The second-order valence-corrected chi connectivity index (χ2v) is 5.40. The predicted octanol–water partition coefficient (Wildman–Crippen LogP) is 2.01. The smallest absolute Gasteiger partial charge is 0.220 e. The van der Waals surface area contributed by atoms with Crippen molar-refractivity contribution >= 4 is 5.91 Å². The molecule has 1 aromatic carbocycles. The van der Waals surface area contributed by atoms with Gasteiger partial charge in [-0.05, 0) is 44.9 Å². The Kier molecular flexibility index (Phi) is 5.83. The summed E-state index contributed by atoms with van der Waals surface area (Å²) < 4.78 is 5.59. The van der Waals surface area contributed by atoms with Crippen molar-refractivity contribution in [3.8, 4) is 5.75 Å². The molecule has 1 aromatic rings. The van der Waals surface area contributed by atoms with Gasteiger partial charge in [-0.1, -0.05) is 12.1 Å². The van der Waals surface area contributed by atoms with Crippen LogP contribution < -0.4 is 15.8 Å². The van der Waals surface area contributed by atoms with Gasteiger partial charge in [-0.3, -0.25) is 4.79 Å². The Morgan fingerprint density at radius 1 is 1.42 bits per heavy atom. The minimum Gasteiger partial charge on any atom is -0.494 e. The third-order valence-corrected chi connectivity index (χ3v) is 2.79. The van der Waals surface area contributed by atoms with E-state index >= 15 is 0 Å². The van der Waals surface area contributed by atoms with Gasteiger partial charge in [-0.25, -0.2) is 0 Å². The van der Waals surface area contributed by atoms with E-state index in [4.69, 9.17) is 10.5 Å². The van der Waals surface area contributed by atoms with Crippen molar-refractivity contribution in [2.24, 2.45) is 5.73 Å². The molecule has 19 heavy (non-hydrogen) atoms. The Labute approximate surface area is 115 Å². The maximum Gasteiger partial charge on any atom is 0.220 e. The Bertz CT molecular complexity index is 416. The molecule has 0 saturated carbocycles. The summed E-state index contributed by atoms with van der Waals surface area (Å²) in [4.78, 5) is 11.7. The van der Waals surface area contributed by atoms with E-state index in [9.17, 15) is 4.79 Å². The van der Waals surface area contributed by atoms with Crippen molar-refractivity contribution in [3.05, 3.63) is 29.8 Å². The van der Waals surface area contributed by atoms with Crippen molar-refractivity contribution in [1.29, 1.82) is 0 Å². The third-order valence-electron chi connectivity index (χ3n) is 2.79. The summed E-state index contributed by atoms with van der Waals surface area (Å²) in [7, 11) is 0. The molecule has 0 heterocycles. The van der Waals surface area contributed by atoms with Gasteiger partial charge in [0.1, 0.15) is 5.75 Å². The predicted molar refractivity (Wildman–Crippen MR) is 77.2 cm³/mol. The number of rotatable bonds is 7. The number of hydrogen-bond donors (Lipinski definition) is 2. The molecule has 0 fully saturated rings. The van der Waals surface area contributed by atoms with Gasteiger partial charge in [0.05, 0.1) is 6.61 Å². The van der Waals surface area contributed by atoms with Gasteiger partial charge < -0.3 is 15.8 Å². The molecule has 0 aromatic heterocycles. The van der Waals surface area contributed by atoms with Gasteiger partial charge in [-0.2, -0.15) is 0 Å². The molecule has 106 valence electrons. The van der Waals surface area contributed by atoms with Gasteiger partial charge in [0.2, 0.25) is 5.91 Å². The van der Waals surface area contributed by atoms with Crippen LogP contribution >= 0.6 is 0 Å². The molecule has 4 nitrogen and oxygen atoms in total. The third kappa shape index (κ3) is 6.25. The number of carbonyl (C=O) groups excluding carboxylic acids is 1. The van der Waals surface area contributed by atoms with E-state index in [1.165, 1.54) is 5.56 Å².